The van der Waals surface area contributed by atoms with Gasteiger partial charge in [-0.1, -0.05) is 13.0 Å². The standard InChI is InChI=1S/C14H24N4/c1-4-17(3)14-6-5-12(7-16-14)9-18-8-11(2)13(15)10-18/h5-7,11,13H,4,8-10,15H2,1-3H3. The van der Waals surface area contributed by atoms with Crippen molar-refractivity contribution in [3.05, 3.63) is 23.9 Å². The highest BCUT2D eigenvalue weighted by molar-refractivity contribution is 5.37. The van der Waals surface area contributed by atoms with Crippen LogP contribution in [0.4, 0.5) is 5.82 Å². The fourth-order valence-corrected chi connectivity index (χ4v) is 2.38. The first-order chi connectivity index (χ1) is 8.60. The van der Waals surface area contributed by atoms with Crippen LogP contribution >= 0.6 is 0 Å². The van der Waals surface area contributed by atoms with Gasteiger partial charge in [0.15, 0.2) is 0 Å². The lowest BCUT2D eigenvalue weighted by molar-refractivity contribution is 0.318. The van der Waals surface area contributed by atoms with Crippen LogP contribution in [0.2, 0.25) is 0 Å². The second-order valence-corrected chi connectivity index (χ2v) is 5.37. The summed E-state index contributed by atoms with van der Waals surface area (Å²) in [5.41, 5.74) is 7.31. The Bertz CT molecular complexity index is 366. The summed E-state index contributed by atoms with van der Waals surface area (Å²) in [6.07, 6.45) is 1.98. The predicted molar refractivity (Wildman–Crippen MR) is 75.6 cm³/mol. The molecule has 1 aromatic heterocycles. The van der Waals surface area contributed by atoms with Gasteiger partial charge in [-0.15, -0.1) is 0 Å². The van der Waals surface area contributed by atoms with Gasteiger partial charge in [-0.3, -0.25) is 4.90 Å². The van der Waals surface area contributed by atoms with Crippen molar-refractivity contribution in [3.8, 4) is 0 Å². The minimum atomic E-state index is 0.323. The monoisotopic (exact) mass is 248 g/mol. The summed E-state index contributed by atoms with van der Waals surface area (Å²) in [6.45, 7) is 8.38. The smallest absolute Gasteiger partial charge is 0.128 e. The number of pyridine rings is 1. The molecule has 0 saturated carbocycles. The Balaban J connectivity index is 1.94. The molecule has 18 heavy (non-hydrogen) atoms. The number of anilines is 1. The fourth-order valence-electron chi connectivity index (χ4n) is 2.38. The van der Waals surface area contributed by atoms with Gasteiger partial charge in [-0.2, -0.15) is 0 Å². The van der Waals surface area contributed by atoms with Crippen molar-refractivity contribution >= 4 is 5.82 Å². The maximum atomic E-state index is 6.04. The lowest BCUT2D eigenvalue weighted by atomic mass is 10.1. The van der Waals surface area contributed by atoms with E-state index in [0.29, 0.717) is 12.0 Å². The molecule has 0 radical (unpaired) electrons. The first-order valence-electron chi connectivity index (χ1n) is 6.74. The maximum Gasteiger partial charge on any atom is 0.128 e. The molecular formula is C14H24N4. The molecule has 0 bridgehead atoms. The van der Waals surface area contributed by atoms with E-state index in [9.17, 15) is 0 Å². The highest BCUT2D eigenvalue weighted by Crippen LogP contribution is 2.18. The summed E-state index contributed by atoms with van der Waals surface area (Å²) in [5, 5.41) is 0. The number of nitrogens with zero attached hydrogens (tertiary/aromatic N) is 3. The molecule has 2 heterocycles. The molecule has 0 aromatic carbocycles. The third kappa shape index (κ3) is 3.00. The molecule has 1 aliphatic heterocycles. The van der Waals surface area contributed by atoms with Crippen LogP contribution in [0.3, 0.4) is 0 Å². The number of hydrogen-bond acceptors (Lipinski definition) is 4. The molecule has 2 rings (SSSR count). The number of nitrogens with two attached hydrogens (primary N) is 1. The number of likely N-dealkylation sites (tertiary alicyclic amines) is 1. The summed E-state index contributed by atoms with van der Waals surface area (Å²) in [7, 11) is 2.06. The molecule has 2 unspecified atom stereocenters. The van der Waals surface area contributed by atoms with Gasteiger partial charge in [0.05, 0.1) is 0 Å². The predicted octanol–water partition coefficient (Wildman–Crippen LogP) is 1.32. The van der Waals surface area contributed by atoms with Gasteiger partial charge >= 0.3 is 0 Å². The highest BCUT2D eigenvalue weighted by Gasteiger charge is 2.26. The maximum absolute atomic E-state index is 6.04. The van der Waals surface area contributed by atoms with Gasteiger partial charge in [0, 0.05) is 45.5 Å². The average molecular weight is 248 g/mol. The SMILES string of the molecule is CCN(C)c1ccc(CN2CC(C)C(N)C2)cn1. The summed E-state index contributed by atoms with van der Waals surface area (Å²) in [4.78, 5) is 9.05. The highest BCUT2D eigenvalue weighted by atomic mass is 15.2. The zero-order valence-electron chi connectivity index (χ0n) is 11.6. The molecule has 0 aliphatic carbocycles. The van der Waals surface area contributed by atoms with Crippen LogP contribution in [0.1, 0.15) is 19.4 Å². The topological polar surface area (TPSA) is 45.4 Å². The van der Waals surface area contributed by atoms with Crippen molar-refractivity contribution in [2.45, 2.75) is 26.4 Å². The largest absolute Gasteiger partial charge is 0.360 e. The Morgan fingerprint density at radius 1 is 1.44 bits per heavy atom. The molecule has 100 valence electrons. The van der Waals surface area contributed by atoms with E-state index in [4.69, 9.17) is 5.73 Å². The number of rotatable bonds is 4. The fraction of sp³-hybridized carbons (Fsp3) is 0.643. The minimum Gasteiger partial charge on any atom is -0.360 e. The first-order valence-corrected chi connectivity index (χ1v) is 6.74. The minimum absolute atomic E-state index is 0.323. The Labute approximate surface area is 110 Å². The molecule has 4 nitrogen and oxygen atoms in total. The van der Waals surface area contributed by atoms with E-state index in [2.05, 4.69) is 47.8 Å². The summed E-state index contributed by atoms with van der Waals surface area (Å²) in [5.74, 6) is 1.64. The molecule has 1 aliphatic rings. The molecular weight excluding hydrogens is 224 g/mol. The molecule has 1 aromatic rings. The molecule has 2 N–H and O–H groups in total. The van der Waals surface area contributed by atoms with E-state index >= 15 is 0 Å². The van der Waals surface area contributed by atoms with Crippen LogP contribution in [0.15, 0.2) is 18.3 Å². The zero-order chi connectivity index (χ0) is 13.1. The van der Waals surface area contributed by atoms with Crippen molar-refractivity contribution in [1.82, 2.24) is 9.88 Å². The van der Waals surface area contributed by atoms with Crippen molar-refractivity contribution in [1.29, 1.82) is 0 Å². The molecule has 4 heteroatoms. The average Bonchev–Trinajstić information content (AvgIpc) is 2.68. The Morgan fingerprint density at radius 3 is 2.72 bits per heavy atom. The van der Waals surface area contributed by atoms with Gasteiger partial charge in [0.1, 0.15) is 5.82 Å². The van der Waals surface area contributed by atoms with Gasteiger partial charge in [0.25, 0.3) is 0 Å². The molecule has 1 fully saturated rings. The number of hydrogen-bond donors (Lipinski definition) is 1. The molecule has 1 saturated heterocycles. The molecule has 2 atom stereocenters. The van der Waals surface area contributed by atoms with Gasteiger partial charge in [-0.05, 0) is 24.5 Å². The van der Waals surface area contributed by atoms with Crippen LogP contribution in [0, 0.1) is 5.92 Å². The Kier molecular flexibility index (Phi) is 4.19. The second kappa shape index (κ2) is 5.67. The van der Waals surface area contributed by atoms with Crippen molar-refractivity contribution < 1.29 is 0 Å². The molecule has 0 spiro atoms. The lowest BCUT2D eigenvalue weighted by Crippen LogP contribution is -2.28. The normalized spacial score (nSPS) is 24.4. The van der Waals surface area contributed by atoms with Crippen LogP contribution in [-0.4, -0.2) is 42.6 Å². The Morgan fingerprint density at radius 2 is 2.22 bits per heavy atom. The first kappa shape index (κ1) is 13.3. The summed E-state index contributed by atoms with van der Waals surface area (Å²) in [6, 6.07) is 4.59. The third-order valence-electron chi connectivity index (χ3n) is 3.83. The summed E-state index contributed by atoms with van der Waals surface area (Å²) < 4.78 is 0. The van der Waals surface area contributed by atoms with E-state index in [0.717, 1.165) is 32.0 Å². The van der Waals surface area contributed by atoms with Gasteiger partial charge in [0.2, 0.25) is 0 Å². The second-order valence-electron chi connectivity index (χ2n) is 5.37. The Hall–Kier alpha value is -1.13. The van der Waals surface area contributed by atoms with Crippen molar-refractivity contribution in [3.63, 3.8) is 0 Å². The van der Waals surface area contributed by atoms with Crippen LogP contribution in [0.5, 0.6) is 0 Å². The van der Waals surface area contributed by atoms with Crippen LogP contribution in [-0.2, 0) is 6.54 Å². The number of aromatic nitrogens is 1. The van der Waals surface area contributed by atoms with Crippen molar-refractivity contribution in [2.75, 3.05) is 31.6 Å². The van der Waals surface area contributed by atoms with E-state index < -0.39 is 0 Å². The molecule has 0 amide bonds. The van der Waals surface area contributed by atoms with E-state index in [1.165, 1.54) is 5.56 Å². The zero-order valence-corrected chi connectivity index (χ0v) is 11.6. The van der Waals surface area contributed by atoms with Gasteiger partial charge < -0.3 is 10.6 Å². The van der Waals surface area contributed by atoms with Crippen molar-refractivity contribution in [2.24, 2.45) is 11.7 Å². The van der Waals surface area contributed by atoms with Crippen LogP contribution in [0.25, 0.3) is 0 Å². The lowest BCUT2D eigenvalue weighted by Gasteiger charge is -2.18. The van der Waals surface area contributed by atoms with E-state index in [1.54, 1.807) is 0 Å². The van der Waals surface area contributed by atoms with Gasteiger partial charge in [-0.25, -0.2) is 4.98 Å². The third-order valence-corrected chi connectivity index (χ3v) is 3.83. The quantitative estimate of drug-likeness (QED) is 0.873. The van der Waals surface area contributed by atoms with E-state index in [-0.39, 0.29) is 0 Å². The summed E-state index contributed by atoms with van der Waals surface area (Å²) >= 11 is 0. The van der Waals surface area contributed by atoms with E-state index in [1.807, 2.05) is 6.20 Å². The van der Waals surface area contributed by atoms with Crippen LogP contribution < -0.4 is 10.6 Å².